The summed E-state index contributed by atoms with van der Waals surface area (Å²) in [5.41, 5.74) is 0. The lowest BCUT2D eigenvalue weighted by molar-refractivity contribution is -0.153. The van der Waals surface area contributed by atoms with Gasteiger partial charge in [0.05, 0.1) is 32.1 Å². The highest BCUT2D eigenvalue weighted by atomic mass is 32.2. The molecule has 0 aliphatic carbocycles. The summed E-state index contributed by atoms with van der Waals surface area (Å²) in [5, 5.41) is 11.9. The summed E-state index contributed by atoms with van der Waals surface area (Å²) in [5.74, 6) is -2.79. The van der Waals surface area contributed by atoms with Gasteiger partial charge in [-0.25, -0.2) is 0 Å². The smallest absolute Gasteiger partial charge is 0.311 e. The van der Waals surface area contributed by atoms with E-state index in [1.54, 1.807) is 0 Å². The van der Waals surface area contributed by atoms with Crippen LogP contribution >= 0.6 is 11.8 Å². The molecule has 0 heterocycles. The van der Waals surface area contributed by atoms with E-state index < -0.39 is 54.3 Å². The molecule has 10 nitrogen and oxygen atoms in total. The number of rotatable bonds is 24. The molecule has 2 N–H and O–H groups in total. The SMILES string of the molecule is CCCCCCCCCCC[C@H](CC(=O)OCCSC[C@H](NC(C)=O)C(=O)C[C@@H](CO)C(=O)OC)OC(C)=O. The van der Waals surface area contributed by atoms with Gasteiger partial charge in [0.1, 0.15) is 12.7 Å². The molecule has 0 aliphatic heterocycles. The van der Waals surface area contributed by atoms with Crippen molar-refractivity contribution in [2.24, 2.45) is 5.92 Å². The number of esters is 3. The van der Waals surface area contributed by atoms with Crippen LogP contribution in [0.1, 0.15) is 97.8 Å². The normalized spacial score (nSPS) is 13.2. The number of ketones is 1. The molecule has 0 saturated carbocycles. The highest BCUT2D eigenvalue weighted by Crippen LogP contribution is 2.16. The van der Waals surface area contributed by atoms with Crippen molar-refractivity contribution in [3.05, 3.63) is 0 Å². The number of ether oxygens (including phenoxy) is 3. The van der Waals surface area contributed by atoms with Crippen LogP contribution in [0.3, 0.4) is 0 Å². The van der Waals surface area contributed by atoms with Crippen LogP contribution in [0.4, 0.5) is 0 Å². The number of thioether (sulfide) groups is 1. The minimum atomic E-state index is -0.995. The molecular weight excluding hydrogens is 526 g/mol. The molecule has 226 valence electrons. The lowest BCUT2D eigenvalue weighted by Gasteiger charge is -2.19. The Balaban J connectivity index is 4.40. The summed E-state index contributed by atoms with van der Waals surface area (Å²) in [6.07, 6.45) is 10.4. The fourth-order valence-corrected chi connectivity index (χ4v) is 4.89. The third kappa shape index (κ3) is 20.4. The Kier molecular flexibility index (Phi) is 22.4. The van der Waals surface area contributed by atoms with Crippen molar-refractivity contribution < 1.29 is 43.3 Å². The molecular formula is C28H49NO9S. The topological polar surface area (TPSA) is 145 Å². The van der Waals surface area contributed by atoms with Crippen LogP contribution in [0, 0.1) is 5.92 Å². The Morgan fingerprint density at radius 1 is 0.897 bits per heavy atom. The van der Waals surface area contributed by atoms with E-state index >= 15 is 0 Å². The molecule has 0 saturated heterocycles. The number of carbonyl (C=O) groups is 5. The van der Waals surface area contributed by atoms with Gasteiger partial charge in [-0.2, -0.15) is 11.8 Å². The fourth-order valence-electron chi connectivity index (χ4n) is 4.02. The molecule has 0 fully saturated rings. The summed E-state index contributed by atoms with van der Waals surface area (Å²) in [4.78, 5) is 59.5. The van der Waals surface area contributed by atoms with Gasteiger partial charge in [0.15, 0.2) is 5.78 Å². The van der Waals surface area contributed by atoms with Crippen LogP contribution in [-0.2, 0) is 38.2 Å². The van der Waals surface area contributed by atoms with E-state index in [0.29, 0.717) is 12.2 Å². The van der Waals surface area contributed by atoms with Gasteiger partial charge in [0.2, 0.25) is 5.91 Å². The third-order valence-corrected chi connectivity index (χ3v) is 7.12. The summed E-state index contributed by atoms with van der Waals surface area (Å²) in [6, 6.07) is -0.855. The highest BCUT2D eigenvalue weighted by Gasteiger charge is 2.27. The van der Waals surface area contributed by atoms with Crippen molar-refractivity contribution >= 4 is 41.4 Å². The van der Waals surface area contributed by atoms with E-state index in [1.165, 1.54) is 71.2 Å². The first-order valence-corrected chi connectivity index (χ1v) is 15.2. The predicted molar refractivity (Wildman–Crippen MR) is 150 cm³/mol. The zero-order chi connectivity index (χ0) is 29.5. The quantitative estimate of drug-likeness (QED) is 0.0991. The van der Waals surface area contributed by atoms with Gasteiger partial charge >= 0.3 is 17.9 Å². The molecule has 0 aromatic heterocycles. The zero-order valence-corrected chi connectivity index (χ0v) is 25.0. The van der Waals surface area contributed by atoms with Crippen molar-refractivity contribution in [1.29, 1.82) is 0 Å². The molecule has 0 rings (SSSR count). The van der Waals surface area contributed by atoms with Gasteiger partial charge in [-0.15, -0.1) is 0 Å². The first kappa shape index (κ1) is 36.9. The van der Waals surface area contributed by atoms with Crippen molar-refractivity contribution in [3.8, 4) is 0 Å². The van der Waals surface area contributed by atoms with E-state index in [0.717, 1.165) is 19.3 Å². The number of hydrogen-bond donors (Lipinski definition) is 2. The number of aliphatic hydroxyl groups excluding tert-OH is 1. The predicted octanol–water partition coefficient (Wildman–Crippen LogP) is 3.75. The molecule has 0 aromatic rings. The first-order chi connectivity index (χ1) is 18.6. The maximum absolute atomic E-state index is 12.6. The van der Waals surface area contributed by atoms with Crippen molar-refractivity contribution in [1.82, 2.24) is 5.32 Å². The van der Waals surface area contributed by atoms with Crippen molar-refractivity contribution in [2.45, 2.75) is 110 Å². The van der Waals surface area contributed by atoms with E-state index in [4.69, 9.17) is 9.47 Å². The number of hydrogen-bond acceptors (Lipinski definition) is 10. The summed E-state index contributed by atoms with van der Waals surface area (Å²) in [6.45, 7) is 4.37. The number of unbranched alkanes of at least 4 members (excludes halogenated alkanes) is 8. The maximum Gasteiger partial charge on any atom is 0.311 e. The number of carbonyl (C=O) groups excluding carboxylic acids is 5. The second kappa shape index (κ2) is 23.7. The number of Topliss-reactive ketones (excluding diaryl/α,β-unsaturated/α-hetero) is 1. The monoisotopic (exact) mass is 575 g/mol. The number of methoxy groups -OCH3 is 1. The summed E-state index contributed by atoms with van der Waals surface area (Å²) < 4.78 is 15.2. The Morgan fingerprint density at radius 3 is 2.05 bits per heavy atom. The Hall–Kier alpha value is -2.14. The molecule has 11 heteroatoms. The second-order valence-corrected chi connectivity index (χ2v) is 10.8. The molecule has 39 heavy (non-hydrogen) atoms. The number of amides is 1. The van der Waals surface area contributed by atoms with Crippen LogP contribution in [0.25, 0.3) is 0 Å². The minimum Gasteiger partial charge on any atom is -0.469 e. The van der Waals surface area contributed by atoms with E-state index in [9.17, 15) is 29.1 Å². The van der Waals surface area contributed by atoms with E-state index in [2.05, 4.69) is 17.0 Å². The van der Waals surface area contributed by atoms with Crippen LogP contribution in [-0.4, -0.2) is 78.7 Å². The molecule has 0 aromatic carbocycles. The molecule has 0 aliphatic rings. The lowest BCUT2D eigenvalue weighted by atomic mass is 10.00. The van der Waals surface area contributed by atoms with Crippen LogP contribution in [0.15, 0.2) is 0 Å². The molecule has 0 bridgehead atoms. The first-order valence-electron chi connectivity index (χ1n) is 14.0. The lowest BCUT2D eigenvalue weighted by Crippen LogP contribution is -2.43. The molecule has 0 radical (unpaired) electrons. The van der Waals surface area contributed by atoms with Gasteiger partial charge < -0.3 is 24.6 Å². The van der Waals surface area contributed by atoms with Gasteiger partial charge in [-0.3, -0.25) is 24.0 Å². The van der Waals surface area contributed by atoms with Crippen molar-refractivity contribution in [2.75, 3.05) is 31.8 Å². The molecule has 0 unspecified atom stereocenters. The van der Waals surface area contributed by atoms with Gasteiger partial charge in [-0.05, 0) is 12.8 Å². The van der Waals surface area contributed by atoms with Crippen LogP contribution in [0.2, 0.25) is 0 Å². The summed E-state index contributed by atoms with van der Waals surface area (Å²) >= 11 is 1.30. The average Bonchev–Trinajstić information content (AvgIpc) is 2.88. The molecule has 0 spiro atoms. The zero-order valence-electron chi connectivity index (χ0n) is 24.2. The number of aliphatic hydroxyl groups is 1. The van der Waals surface area contributed by atoms with E-state index in [1.807, 2.05) is 0 Å². The maximum atomic E-state index is 12.6. The third-order valence-electron chi connectivity index (χ3n) is 6.10. The van der Waals surface area contributed by atoms with E-state index in [-0.39, 0.29) is 25.2 Å². The Morgan fingerprint density at radius 2 is 1.51 bits per heavy atom. The summed E-state index contributed by atoms with van der Waals surface area (Å²) in [7, 11) is 1.17. The largest absolute Gasteiger partial charge is 0.469 e. The minimum absolute atomic E-state index is 0.00958. The van der Waals surface area contributed by atoms with Crippen LogP contribution in [0.5, 0.6) is 0 Å². The second-order valence-electron chi connectivity index (χ2n) is 9.67. The Labute approximate surface area is 237 Å². The molecule has 3 atom stereocenters. The standard InChI is InChI=1S/C28H49NO9S/c1-5-6-7-8-9-10-11-12-13-14-24(38-22(3)32)18-27(34)37-15-16-39-20-25(29-21(2)31)26(33)17-23(19-30)28(35)36-4/h23-25,30H,5-20H2,1-4H3,(H,29,31)/t23-,24+,25-/m0/s1. The van der Waals surface area contributed by atoms with Gasteiger partial charge in [0, 0.05) is 31.8 Å². The van der Waals surface area contributed by atoms with Gasteiger partial charge in [-0.1, -0.05) is 58.3 Å². The average molecular weight is 576 g/mol. The fraction of sp³-hybridized carbons (Fsp3) is 0.821. The van der Waals surface area contributed by atoms with Gasteiger partial charge in [0.25, 0.3) is 0 Å². The highest BCUT2D eigenvalue weighted by molar-refractivity contribution is 7.99. The van der Waals surface area contributed by atoms with Crippen LogP contribution < -0.4 is 5.32 Å². The van der Waals surface area contributed by atoms with Crippen molar-refractivity contribution in [3.63, 3.8) is 0 Å². The number of nitrogens with one attached hydrogen (secondary N) is 1. The molecule has 1 amide bonds. The Bertz CT molecular complexity index is 732.